The zero-order chi connectivity index (χ0) is 15.7. The maximum Gasteiger partial charge on any atom is 0.207 e. The first-order chi connectivity index (χ1) is 10.6. The molecular weight excluding hydrogens is 282 g/mol. The third-order valence-electron chi connectivity index (χ3n) is 3.86. The molecule has 22 heavy (non-hydrogen) atoms. The number of nitrogens with one attached hydrogen (secondary N) is 1. The maximum atomic E-state index is 12.4. The summed E-state index contributed by atoms with van der Waals surface area (Å²) in [7, 11) is 0. The van der Waals surface area contributed by atoms with E-state index < -0.39 is 23.4 Å². The van der Waals surface area contributed by atoms with Crippen molar-refractivity contribution in [3.63, 3.8) is 0 Å². The van der Waals surface area contributed by atoms with Crippen molar-refractivity contribution in [3.05, 3.63) is 65.6 Å². The number of allylic oxidation sites excluding steroid dienone is 6. The number of aliphatic hydroxyl groups is 1. The lowest BCUT2D eigenvalue weighted by Gasteiger charge is -2.28. The average molecular weight is 297 g/mol. The minimum atomic E-state index is -0.614. The lowest BCUT2D eigenvalue weighted by atomic mass is 9.76. The fourth-order valence-electron chi connectivity index (χ4n) is 2.65. The molecule has 0 amide bonds. The minimum absolute atomic E-state index is 0.0423. The van der Waals surface area contributed by atoms with Crippen LogP contribution in [0.4, 0.5) is 0 Å². The normalized spacial score (nSPS) is 23.6. The van der Waals surface area contributed by atoms with Crippen molar-refractivity contribution in [2.45, 2.75) is 6.54 Å². The molecule has 1 aromatic carbocycles. The van der Waals surface area contributed by atoms with E-state index in [0.717, 1.165) is 5.56 Å². The molecule has 5 nitrogen and oxygen atoms in total. The first kappa shape index (κ1) is 14.1. The molecule has 0 aliphatic heterocycles. The van der Waals surface area contributed by atoms with Crippen LogP contribution in [0.1, 0.15) is 5.56 Å². The number of phenols is 1. The molecule has 112 valence electrons. The third kappa shape index (κ3) is 2.41. The van der Waals surface area contributed by atoms with E-state index in [1.165, 1.54) is 12.1 Å². The Morgan fingerprint density at radius 2 is 1.50 bits per heavy atom. The standard InChI is InChI=1S/C17H15NO4/c19-11-7-5-10(6-8-11)9-18-14-15(20)12-3-1-2-4-13(12)16(21)17(14)22/h1-8,12-13,18-19,22H,9H2. The van der Waals surface area contributed by atoms with Crippen LogP contribution in [0.5, 0.6) is 5.75 Å². The van der Waals surface area contributed by atoms with Crippen LogP contribution in [0, 0.1) is 11.8 Å². The summed E-state index contributed by atoms with van der Waals surface area (Å²) in [4.78, 5) is 24.6. The summed E-state index contributed by atoms with van der Waals surface area (Å²) in [5.41, 5.74) is 0.777. The molecule has 1 aromatic rings. The van der Waals surface area contributed by atoms with Gasteiger partial charge < -0.3 is 15.5 Å². The fraction of sp³-hybridized carbons (Fsp3) is 0.176. The second-order valence-electron chi connectivity index (χ2n) is 5.29. The summed E-state index contributed by atoms with van der Waals surface area (Å²) in [5, 5.41) is 22.1. The highest BCUT2D eigenvalue weighted by atomic mass is 16.3. The number of aromatic hydroxyl groups is 1. The van der Waals surface area contributed by atoms with Crippen LogP contribution in [0.3, 0.4) is 0 Å². The number of carbonyl (C=O) groups excluding carboxylic acids is 2. The van der Waals surface area contributed by atoms with Gasteiger partial charge in [-0.2, -0.15) is 0 Å². The van der Waals surface area contributed by atoms with Crippen LogP contribution in [-0.4, -0.2) is 21.8 Å². The number of phenolic OH excluding ortho intramolecular Hbond substituents is 1. The number of carbonyl (C=O) groups is 2. The van der Waals surface area contributed by atoms with E-state index in [0.29, 0.717) is 0 Å². The summed E-state index contributed by atoms with van der Waals surface area (Å²) < 4.78 is 0. The number of hydrogen-bond acceptors (Lipinski definition) is 5. The van der Waals surface area contributed by atoms with E-state index >= 15 is 0 Å². The third-order valence-corrected chi connectivity index (χ3v) is 3.86. The average Bonchev–Trinajstić information content (AvgIpc) is 2.54. The summed E-state index contributed by atoms with van der Waals surface area (Å²) >= 11 is 0. The Morgan fingerprint density at radius 1 is 0.909 bits per heavy atom. The van der Waals surface area contributed by atoms with Gasteiger partial charge in [-0.1, -0.05) is 36.4 Å². The molecule has 2 unspecified atom stereocenters. The van der Waals surface area contributed by atoms with Crippen LogP contribution in [-0.2, 0) is 16.1 Å². The van der Waals surface area contributed by atoms with E-state index in [-0.39, 0.29) is 23.8 Å². The molecular formula is C17H15NO4. The highest BCUT2D eigenvalue weighted by Gasteiger charge is 2.41. The predicted molar refractivity (Wildman–Crippen MR) is 79.9 cm³/mol. The lowest BCUT2D eigenvalue weighted by molar-refractivity contribution is -0.129. The maximum absolute atomic E-state index is 12.4. The van der Waals surface area contributed by atoms with Gasteiger partial charge in [-0.25, -0.2) is 0 Å². The van der Waals surface area contributed by atoms with Crippen molar-refractivity contribution >= 4 is 11.6 Å². The smallest absolute Gasteiger partial charge is 0.207 e. The van der Waals surface area contributed by atoms with E-state index in [9.17, 15) is 19.8 Å². The Bertz CT molecular complexity index is 713. The molecule has 0 radical (unpaired) electrons. The zero-order valence-electron chi connectivity index (χ0n) is 11.7. The van der Waals surface area contributed by atoms with E-state index in [1.54, 1.807) is 36.4 Å². The Balaban J connectivity index is 1.82. The predicted octanol–water partition coefficient (Wildman–Crippen LogP) is 1.76. The van der Waals surface area contributed by atoms with Crippen molar-refractivity contribution in [1.82, 2.24) is 5.32 Å². The highest BCUT2D eigenvalue weighted by Crippen LogP contribution is 2.31. The Hall–Kier alpha value is -2.82. The van der Waals surface area contributed by atoms with E-state index in [4.69, 9.17) is 0 Å². The zero-order valence-corrected chi connectivity index (χ0v) is 11.7. The van der Waals surface area contributed by atoms with Crippen molar-refractivity contribution < 1.29 is 19.8 Å². The molecule has 2 atom stereocenters. The SMILES string of the molecule is O=C1C(O)=C(NCc2ccc(O)cc2)C(=O)C2C=CC=CC12. The van der Waals surface area contributed by atoms with Crippen LogP contribution >= 0.6 is 0 Å². The number of benzene rings is 1. The summed E-state index contributed by atoms with van der Waals surface area (Å²) in [5.74, 6) is -2.27. The number of rotatable bonds is 3. The fourth-order valence-corrected chi connectivity index (χ4v) is 2.65. The number of Topliss-reactive ketones (excluding diaryl/α,β-unsaturated/α-hetero) is 2. The van der Waals surface area contributed by atoms with Crippen LogP contribution in [0.25, 0.3) is 0 Å². The largest absolute Gasteiger partial charge is 0.508 e. The van der Waals surface area contributed by atoms with Gasteiger partial charge in [0.25, 0.3) is 0 Å². The van der Waals surface area contributed by atoms with Crippen molar-refractivity contribution in [2.75, 3.05) is 0 Å². The molecule has 3 rings (SSSR count). The molecule has 2 aliphatic rings. The first-order valence-corrected chi connectivity index (χ1v) is 6.96. The quantitative estimate of drug-likeness (QED) is 0.791. The molecule has 3 N–H and O–H groups in total. The topological polar surface area (TPSA) is 86.6 Å². The van der Waals surface area contributed by atoms with Gasteiger partial charge in [-0.05, 0) is 17.7 Å². The Labute approximate surface area is 127 Å². The number of ketones is 2. The molecule has 0 spiro atoms. The van der Waals surface area contributed by atoms with Crippen molar-refractivity contribution in [3.8, 4) is 5.75 Å². The molecule has 5 heteroatoms. The van der Waals surface area contributed by atoms with E-state index in [2.05, 4.69) is 5.32 Å². The number of aliphatic hydroxyl groups excluding tert-OH is 1. The molecule has 2 aliphatic carbocycles. The second-order valence-corrected chi connectivity index (χ2v) is 5.29. The van der Waals surface area contributed by atoms with Gasteiger partial charge in [0.2, 0.25) is 5.78 Å². The van der Waals surface area contributed by atoms with Crippen LogP contribution < -0.4 is 5.32 Å². The van der Waals surface area contributed by atoms with Gasteiger partial charge >= 0.3 is 0 Å². The molecule has 0 bridgehead atoms. The molecule has 0 fully saturated rings. The van der Waals surface area contributed by atoms with Crippen LogP contribution in [0.15, 0.2) is 60.0 Å². The van der Waals surface area contributed by atoms with Gasteiger partial charge in [0.15, 0.2) is 11.5 Å². The summed E-state index contributed by atoms with van der Waals surface area (Å²) in [6, 6.07) is 6.45. The second kappa shape index (κ2) is 5.52. The van der Waals surface area contributed by atoms with Gasteiger partial charge in [0.1, 0.15) is 11.4 Å². The van der Waals surface area contributed by atoms with Gasteiger partial charge in [-0.15, -0.1) is 0 Å². The highest BCUT2D eigenvalue weighted by molar-refractivity contribution is 6.13. The number of fused-ring (bicyclic) bond motifs is 1. The van der Waals surface area contributed by atoms with Gasteiger partial charge in [0, 0.05) is 6.54 Å². The van der Waals surface area contributed by atoms with Gasteiger partial charge in [0.05, 0.1) is 11.8 Å². The van der Waals surface area contributed by atoms with Crippen molar-refractivity contribution in [2.24, 2.45) is 11.8 Å². The molecule has 0 heterocycles. The summed E-state index contributed by atoms with van der Waals surface area (Å²) in [6.45, 7) is 0.273. The van der Waals surface area contributed by atoms with Crippen molar-refractivity contribution in [1.29, 1.82) is 0 Å². The summed E-state index contributed by atoms with van der Waals surface area (Å²) in [6.07, 6.45) is 6.75. The molecule has 0 aromatic heterocycles. The first-order valence-electron chi connectivity index (χ1n) is 6.96. The molecule has 0 saturated carbocycles. The number of hydrogen-bond donors (Lipinski definition) is 3. The van der Waals surface area contributed by atoms with Crippen LogP contribution in [0.2, 0.25) is 0 Å². The monoisotopic (exact) mass is 297 g/mol. The Kier molecular flexibility index (Phi) is 3.55. The minimum Gasteiger partial charge on any atom is -0.508 e. The van der Waals surface area contributed by atoms with E-state index in [1.807, 2.05) is 0 Å². The Morgan fingerprint density at radius 3 is 2.14 bits per heavy atom. The van der Waals surface area contributed by atoms with Gasteiger partial charge in [-0.3, -0.25) is 9.59 Å². The molecule has 0 saturated heterocycles. The lowest BCUT2D eigenvalue weighted by Crippen LogP contribution is -2.40.